The lowest BCUT2D eigenvalue weighted by atomic mass is 10.4. The van der Waals surface area contributed by atoms with Crippen molar-refractivity contribution in [1.82, 2.24) is 25.3 Å². The molecule has 2 aromatic heterocycles. The van der Waals surface area contributed by atoms with Crippen LogP contribution in [0.15, 0.2) is 6.07 Å². The van der Waals surface area contributed by atoms with Gasteiger partial charge in [0.2, 0.25) is 5.65 Å². The summed E-state index contributed by atoms with van der Waals surface area (Å²) >= 11 is 4.57. The van der Waals surface area contributed by atoms with Gasteiger partial charge in [-0.3, -0.25) is 0 Å². The summed E-state index contributed by atoms with van der Waals surface area (Å²) in [4.78, 5) is 0. The van der Waals surface area contributed by atoms with Crippen LogP contribution in [0.1, 0.15) is 5.69 Å². The molecule has 0 unspecified atom stereocenters. The minimum absolute atomic E-state index is 0.420. The predicted octanol–water partition coefficient (Wildman–Crippen LogP) is -0.674. The quantitative estimate of drug-likeness (QED) is 0.584. The van der Waals surface area contributed by atoms with E-state index >= 15 is 0 Å². The van der Waals surface area contributed by atoms with Crippen molar-refractivity contribution in [3.05, 3.63) is 11.8 Å². The molecule has 0 amide bonds. The molecule has 12 heavy (non-hydrogen) atoms. The van der Waals surface area contributed by atoms with E-state index in [2.05, 4.69) is 38.2 Å². The summed E-state index contributed by atoms with van der Waals surface area (Å²) in [5.41, 5.74) is 6.89. The van der Waals surface area contributed by atoms with Gasteiger partial charge >= 0.3 is 0 Å². The number of tetrazole rings is 1. The van der Waals surface area contributed by atoms with Crippen molar-refractivity contribution in [2.45, 2.75) is 0 Å². The van der Waals surface area contributed by atoms with Gasteiger partial charge in [0.1, 0.15) is 5.69 Å². The van der Waals surface area contributed by atoms with Crippen molar-refractivity contribution in [2.75, 3.05) is 5.73 Å². The zero-order valence-electron chi connectivity index (χ0n) is 5.80. The van der Waals surface area contributed by atoms with Crippen molar-refractivity contribution in [3.63, 3.8) is 0 Å². The molecule has 0 aromatic carbocycles. The van der Waals surface area contributed by atoms with Crippen LogP contribution in [0.25, 0.3) is 5.65 Å². The second-order valence-corrected chi connectivity index (χ2v) is 2.28. The molecular formula is C5H3N6S. The Labute approximate surface area is 72.4 Å². The number of fused-ring (bicyclic) bond motifs is 1. The molecule has 0 spiro atoms. The minimum Gasteiger partial charge on any atom is -0.395 e. The smallest absolute Gasteiger partial charge is 0.222 e. The standard InChI is InChI=1S/C5H3N6S/c6-4-1-3(2-12)8-11-5(4)7-9-10-11/h1H,6H2. The third kappa shape index (κ3) is 0.909. The summed E-state index contributed by atoms with van der Waals surface area (Å²) in [7, 11) is 0. The predicted molar refractivity (Wildman–Crippen MR) is 44.7 cm³/mol. The maximum Gasteiger partial charge on any atom is 0.222 e. The van der Waals surface area contributed by atoms with E-state index < -0.39 is 0 Å². The van der Waals surface area contributed by atoms with Crippen molar-refractivity contribution < 1.29 is 0 Å². The van der Waals surface area contributed by atoms with E-state index in [1.54, 1.807) is 6.07 Å². The number of aromatic nitrogens is 5. The third-order valence-electron chi connectivity index (χ3n) is 1.31. The number of rotatable bonds is 1. The number of nitrogens with two attached hydrogens (primary N) is 1. The first kappa shape index (κ1) is 7.04. The number of nitrogens with zero attached hydrogens (tertiary/aromatic N) is 5. The summed E-state index contributed by atoms with van der Waals surface area (Å²) in [5.74, 6) is 0. The van der Waals surface area contributed by atoms with Crippen molar-refractivity contribution in [1.29, 1.82) is 0 Å². The van der Waals surface area contributed by atoms with Crippen LogP contribution >= 0.6 is 12.2 Å². The van der Waals surface area contributed by atoms with Gasteiger partial charge in [0.15, 0.2) is 0 Å². The zero-order chi connectivity index (χ0) is 8.55. The Hall–Kier alpha value is -1.63. The molecule has 59 valence electrons. The number of hydrogen-bond donors (Lipinski definition) is 1. The molecule has 7 heteroatoms. The Morgan fingerprint density at radius 2 is 2.42 bits per heavy atom. The minimum atomic E-state index is 0.420. The van der Waals surface area contributed by atoms with Crippen molar-refractivity contribution in [3.8, 4) is 0 Å². The molecule has 1 radical (unpaired) electrons. The lowest BCUT2D eigenvalue weighted by Crippen LogP contribution is -2.02. The Bertz CT molecular complexity index is 434. The van der Waals surface area contributed by atoms with E-state index in [1.807, 2.05) is 0 Å². The normalized spacial score (nSPS) is 10.3. The highest BCUT2D eigenvalue weighted by Crippen LogP contribution is 2.07. The highest BCUT2D eigenvalue weighted by atomic mass is 32.1. The number of hydrogen-bond acceptors (Lipinski definition) is 6. The molecule has 2 aromatic rings. The molecule has 0 aliphatic rings. The van der Waals surface area contributed by atoms with Gasteiger partial charge in [-0.05, 0) is 16.5 Å². The van der Waals surface area contributed by atoms with Crippen LogP contribution < -0.4 is 5.73 Å². The molecule has 0 saturated carbocycles. The number of thiocarbonyl (C=S) groups is 1. The molecule has 0 fully saturated rings. The van der Waals surface area contributed by atoms with Gasteiger partial charge in [-0.25, -0.2) is 0 Å². The molecule has 0 atom stereocenters. The molecule has 2 N–H and O–H groups in total. The van der Waals surface area contributed by atoms with Gasteiger partial charge < -0.3 is 5.73 Å². The fourth-order valence-corrected chi connectivity index (χ4v) is 0.916. The van der Waals surface area contributed by atoms with E-state index in [-0.39, 0.29) is 0 Å². The van der Waals surface area contributed by atoms with Gasteiger partial charge in [0, 0.05) is 0 Å². The van der Waals surface area contributed by atoms with E-state index in [4.69, 9.17) is 5.73 Å². The van der Waals surface area contributed by atoms with Crippen molar-refractivity contribution in [2.24, 2.45) is 0 Å². The topological polar surface area (TPSA) is 82.0 Å². The average Bonchev–Trinajstić information content (AvgIpc) is 2.52. The third-order valence-corrected chi connectivity index (χ3v) is 1.52. The van der Waals surface area contributed by atoms with Crippen LogP contribution in [0, 0.1) is 0 Å². The zero-order valence-corrected chi connectivity index (χ0v) is 6.62. The van der Waals surface area contributed by atoms with E-state index in [0.717, 1.165) is 0 Å². The Morgan fingerprint density at radius 3 is 3.17 bits per heavy atom. The van der Waals surface area contributed by atoms with Gasteiger partial charge in [0.05, 0.1) is 11.1 Å². The van der Waals surface area contributed by atoms with Crippen LogP contribution in [-0.4, -0.2) is 30.6 Å². The molecule has 2 heterocycles. The first-order chi connectivity index (χ1) is 5.81. The highest BCUT2D eigenvalue weighted by molar-refractivity contribution is 7.79. The van der Waals surface area contributed by atoms with Crippen LogP contribution in [0.2, 0.25) is 0 Å². The second-order valence-electron chi connectivity index (χ2n) is 2.08. The van der Waals surface area contributed by atoms with Gasteiger partial charge in [-0.2, -0.15) is 0 Å². The molecule has 0 aliphatic heterocycles. The Balaban J connectivity index is 2.83. The largest absolute Gasteiger partial charge is 0.395 e. The maximum absolute atomic E-state index is 5.59. The van der Waals surface area contributed by atoms with Crippen LogP contribution in [0.4, 0.5) is 5.69 Å². The Morgan fingerprint density at radius 1 is 1.58 bits per heavy atom. The molecule has 0 bridgehead atoms. The maximum atomic E-state index is 5.59. The fourth-order valence-electron chi connectivity index (χ4n) is 0.816. The SMILES string of the molecule is Nc1cc([C]=S)nn2nnnc12. The first-order valence-electron chi connectivity index (χ1n) is 3.04. The molecule has 6 nitrogen and oxygen atoms in total. The van der Waals surface area contributed by atoms with Gasteiger partial charge in [0.25, 0.3) is 0 Å². The van der Waals surface area contributed by atoms with E-state index in [1.165, 1.54) is 4.63 Å². The summed E-state index contributed by atoms with van der Waals surface area (Å²) in [5, 5.41) is 16.9. The average molecular weight is 179 g/mol. The van der Waals surface area contributed by atoms with Crippen LogP contribution in [-0.2, 0) is 0 Å². The summed E-state index contributed by atoms with van der Waals surface area (Å²) in [6.45, 7) is 0. The first-order valence-corrected chi connectivity index (χ1v) is 3.45. The van der Waals surface area contributed by atoms with E-state index in [0.29, 0.717) is 17.0 Å². The summed E-state index contributed by atoms with van der Waals surface area (Å²) in [6, 6.07) is 1.57. The molecular weight excluding hydrogens is 176 g/mol. The van der Waals surface area contributed by atoms with Crippen LogP contribution in [0.5, 0.6) is 0 Å². The molecule has 0 saturated heterocycles. The van der Waals surface area contributed by atoms with Gasteiger partial charge in [-0.1, -0.05) is 12.2 Å². The number of anilines is 1. The fraction of sp³-hybridized carbons (Fsp3) is 0. The monoisotopic (exact) mass is 179 g/mol. The van der Waals surface area contributed by atoms with Gasteiger partial charge in [-0.15, -0.1) is 14.8 Å². The second kappa shape index (κ2) is 2.45. The van der Waals surface area contributed by atoms with Crippen LogP contribution in [0.3, 0.4) is 0 Å². The van der Waals surface area contributed by atoms with E-state index in [9.17, 15) is 0 Å². The Kier molecular flexibility index (Phi) is 1.44. The summed E-state index contributed by atoms with van der Waals surface area (Å²) < 4.78 is 1.21. The lowest BCUT2D eigenvalue weighted by molar-refractivity contribution is 0.732. The molecule has 0 aliphatic carbocycles. The molecule has 2 rings (SSSR count). The lowest BCUT2D eigenvalue weighted by Gasteiger charge is -1.94. The van der Waals surface area contributed by atoms with Crippen molar-refractivity contribution >= 4 is 28.9 Å². The summed E-state index contributed by atoms with van der Waals surface area (Å²) in [6.07, 6.45) is 0. The number of nitrogen functional groups attached to an aromatic ring is 1. The highest BCUT2D eigenvalue weighted by Gasteiger charge is 2.03.